The number of rotatable bonds is 1. The van der Waals surface area contributed by atoms with Gasteiger partial charge >= 0.3 is 0 Å². The molecule has 0 unspecified atom stereocenters. The number of carbonyl (C=O) groups is 1. The first-order valence-electron chi connectivity index (χ1n) is 5.40. The van der Waals surface area contributed by atoms with Gasteiger partial charge in [0.15, 0.2) is 0 Å². The van der Waals surface area contributed by atoms with Gasteiger partial charge in [0.1, 0.15) is 0 Å². The van der Waals surface area contributed by atoms with Crippen molar-refractivity contribution in [2.45, 2.75) is 37.6 Å². The van der Waals surface area contributed by atoms with Gasteiger partial charge in [-0.15, -0.1) is 0 Å². The second kappa shape index (κ2) is 3.70. The van der Waals surface area contributed by atoms with Gasteiger partial charge in [0.2, 0.25) is 11.8 Å². The van der Waals surface area contributed by atoms with E-state index in [1.165, 1.54) is 0 Å². The number of carbonyl (C=O) groups excluding carboxylic acids is 1. The minimum atomic E-state index is -2.60. The number of nitrogens with zero attached hydrogens (tertiary/aromatic N) is 1. The highest BCUT2D eigenvalue weighted by Gasteiger charge is 2.49. The molecule has 2 rings (SSSR count). The molecule has 0 bridgehead atoms. The molecule has 86 valence electrons. The van der Waals surface area contributed by atoms with Crippen LogP contribution in [0.15, 0.2) is 0 Å². The second-order valence-corrected chi connectivity index (χ2v) is 4.62. The van der Waals surface area contributed by atoms with Crippen molar-refractivity contribution in [3.05, 3.63) is 0 Å². The number of alkyl halides is 2. The molecular formula is C10H16F2N2O. The highest BCUT2D eigenvalue weighted by atomic mass is 19.3. The highest BCUT2D eigenvalue weighted by molar-refractivity contribution is 5.80. The second-order valence-electron chi connectivity index (χ2n) is 4.62. The lowest BCUT2D eigenvalue weighted by Gasteiger charge is -2.39. The summed E-state index contributed by atoms with van der Waals surface area (Å²) < 4.78 is 25.2. The molecule has 2 N–H and O–H groups in total. The van der Waals surface area contributed by atoms with Gasteiger partial charge in [-0.1, -0.05) is 0 Å². The minimum Gasteiger partial charge on any atom is -0.342 e. The monoisotopic (exact) mass is 218 g/mol. The molecule has 0 aromatic carbocycles. The van der Waals surface area contributed by atoms with Crippen LogP contribution in [0.25, 0.3) is 0 Å². The van der Waals surface area contributed by atoms with Crippen molar-refractivity contribution >= 4 is 5.91 Å². The Labute approximate surface area is 87.6 Å². The molecule has 0 radical (unpaired) electrons. The summed E-state index contributed by atoms with van der Waals surface area (Å²) in [5.41, 5.74) is 5.70. The van der Waals surface area contributed by atoms with E-state index in [0.717, 1.165) is 12.8 Å². The Kier molecular flexibility index (Phi) is 2.66. The quantitative estimate of drug-likeness (QED) is 0.713. The van der Waals surface area contributed by atoms with Gasteiger partial charge < -0.3 is 10.6 Å². The van der Waals surface area contributed by atoms with E-state index in [1.54, 1.807) is 4.90 Å². The lowest BCUT2D eigenvalue weighted by Crippen LogP contribution is -2.50. The minimum absolute atomic E-state index is 0.104. The fourth-order valence-electron chi connectivity index (χ4n) is 2.21. The van der Waals surface area contributed by atoms with Crippen molar-refractivity contribution in [1.29, 1.82) is 0 Å². The standard InChI is InChI=1S/C10H16F2N2O/c11-10(12)5-7(6-10)9(15)14-3-1-8(13)2-4-14/h7-8H,1-6,13H2. The molecule has 1 amide bonds. The molecule has 2 aliphatic rings. The summed E-state index contributed by atoms with van der Waals surface area (Å²) in [5.74, 6) is -3.16. The van der Waals surface area contributed by atoms with Crippen LogP contribution < -0.4 is 5.73 Å². The molecule has 1 saturated heterocycles. The van der Waals surface area contributed by atoms with E-state index in [-0.39, 0.29) is 24.8 Å². The van der Waals surface area contributed by atoms with Crippen molar-refractivity contribution < 1.29 is 13.6 Å². The van der Waals surface area contributed by atoms with E-state index in [0.29, 0.717) is 13.1 Å². The third-order valence-corrected chi connectivity index (χ3v) is 3.29. The fraction of sp³-hybridized carbons (Fsp3) is 0.900. The lowest BCUT2D eigenvalue weighted by atomic mass is 9.80. The normalized spacial score (nSPS) is 27.5. The highest BCUT2D eigenvalue weighted by Crippen LogP contribution is 2.43. The zero-order valence-electron chi connectivity index (χ0n) is 8.59. The van der Waals surface area contributed by atoms with Crippen LogP contribution in [0, 0.1) is 5.92 Å². The van der Waals surface area contributed by atoms with Gasteiger partial charge in [-0.2, -0.15) is 0 Å². The number of hydrogen-bond acceptors (Lipinski definition) is 2. The van der Waals surface area contributed by atoms with Crippen LogP contribution in [0.2, 0.25) is 0 Å². The molecule has 2 fully saturated rings. The third kappa shape index (κ3) is 2.27. The van der Waals surface area contributed by atoms with Crippen molar-refractivity contribution in [2.75, 3.05) is 13.1 Å². The molecule has 0 aromatic rings. The van der Waals surface area contributed by atoms with E-state index >= 15 is 0 Å². The van der Waals surface area contributed by atoms with Crippen molar-refractivity contribution in [3.63, 3.8) is 0 Å². The summed E-state index contributed by atoms with van der Waals surface area (Å²) >= 11 is 0. The topological polar surface area (TPSA) is 46.3 Å². The van der Waals surface area contributed by atoms with Crippen LogP contribution in [0.1, 0.15) is 25.7 Å². The molecule has 0 atom stereocenters. The number of likely N-dealkylation sites (tertiary alicyclic amines) is 1. The summed E-state index contributed by atoms with van der Waals surface area (Å²) in [6, 6.07) is 0.164. The largest absolute Gasteiger partial charge is 0.342 e. The van der Waals surface area contributed by atoms with E-state index in [1.807, 2.05) is 0 Å². The van der Waals surface area contributed by atoms with Gasteiger partial charge in [0, 0.05) is 37.9 Å². The predicted octanol–water partition coefficient (Wildman–Crippen LogP) is 0.981. The van der Waals surface area contributed by atoms with Crippen molar-refractivity contribution in [1.82, 2.24) is 4.90 Å². The Morgan fingerprint density at radius 2 is 1.80 bits per heavy atom. The summed E-state index contributed by atoms with van der Waals surface area (Å²) in [6.45, 7) is 1.25. The van der Waals surface area contributed by atoms with Crippen LogP contribution in [-0.2, 0) is 4.79 Å². The predicted molar refractivity (Wildman–Crippen MR) is 51.5 cm³/mol. The summed E-state index contributed by atoms with van der Waals surface area (Å²) in [6.07, 6.45) is 1.03. The van der Waals surface area contributed by atoms with Gasteiger partial charge in [0.25, 0.3) is 0 Å². The first-order chi connectivity index (χ1) is 6.98. The average Bonchev–Trinajstić information content (AvgIpc) is 2.14. The van der Waals surface area contributed by atoms with E-state index < -0.39 is 11.8 Å². The average molecular weight is 218 g/mol. The van der Waals surface area contributed by atoms with E-state index in [9.17, 15) is 13.6 Å². The van der Waals surface area contributed by atoms with E-state index in [2.05, 4.69) is 0 Å². The number of hydrogen-bond donors (Lipinski definition) is 1. The van der Waals surface area contributed by atoms with Crippen molar-refractivity contribution in [2.24, 2.45) is 11.7 Å². The van der Waals surface area contributed by atoms with Crippen LogP contribution in [0.5, 0.6) is 0 Å². The Bertz CT molecular complexity index is 254. The molecule has 1 heterocycles. The molecule has 5 heteroatoms. The molecule has 1 aliphatic carbocycles. The van der Waals surface area contributed by atoms with Crippen LogP contribution in [0.4, 0.5) is 8.78 Å². The van der Waals surface area contributed by atoms with Gasteiger partial charge in [-0.3, -0.25) is 4.79 Å². The fourth-order valence-corrected chi connectivity index (χ4v) is 2.21. The molecule has 1 aliphatic heterocycles. The molecule has 0 spiro atoms. The summed E-state index contributed by atoms with van der Waals surface area (Å²) in [4.78, 5) is 13.4. The van der Waals surface area contributed by atoms with Crippen LogP contribution in [0.3, 0.4) is 0 Å². The number of nitrogens with two attached hydrogens (primary N) is 1. The Hall–Kier alpha value is -0.710. The Morgan fingerprint density at radius 3 is 2.27 bits per heavy atom. The third-order valence-electron chi connectivity index (χ3n) is 3.29. The molecule has 1 saturated carbocycles. The summed E-state index contributed by atoms with van der Waals surface area (Å²) in [7, 11) is 0. The number of amides is 1. The molecule has 3 nitrogen and oxygen atoms in total. The van der Waals surface area contributed by atoms with Crippen molar-refractivity contribution in [3.8, 4) is 0 Å². The molecular weight excluding hydrogens is 202 g/mol. The zero-order chi connectivity index (χ0) is 11.1. The smallest absolute Gasteiger partial charge is 0.249 e. The lowest BCUT2D eigenvalue weighted by molar-refractivity contribution is -0.160. The van der Waals surface area contributed by atoms with Crippen LogP contribution in [-0.4, -0.2) is 35.9 Å². The number of piperidine rings is 1. The summed E-state index contributed by atoms with van der Waals surface area (Å²) in [5, 5.41) is 0. The Morgan fingerprint density at radius 1 is 1.27 bits per heavy atom. The maximum absolute atomic E-state index is 12.6. The molecule has 15 heavy (non-hydrogen) atoms. The maximum atomic E-state index is 12.6. The Balaban J connectivity index is 1.82. The van der Waals surface area contributed by atoms with Gasteiger partial charge in [-0.05, 0) is 12.8 Å². The number of halogens is 2. The zero-order valence-corrected chi connectivity index (χ0v) is 8.59. The maximum Gasteiger partial charge on any atom is 0.249 e. The molecule has 0 aromatic heterocycles. The first kappa shape index (κ1) is 10.8. The SMILES string of the molecule is NC1CCN(C(=O)C2CC(F)(F)C2)CC1. The van der Waals surface area contributed by atoms with Gasteiger partial charge in [-0.25, -0.2) is 8.78 Å². The van der Waals surface area contributed by atoms with E-state index in [4.69, 9.17) is 5.73 Å². The van der Waals surface area contributed by atoms with Gasteiger partial charge in [0.05, 0.1) is 0 Å². The first-order valence-corrected chi connectivity index (χ1v) is 5.40. The van der Waals surface area contributed by atoms with Crippen LogP contribution >= 0.6 is 0 Å².